The van der Waals surface area contributed by atoms with Crippen LogP contribution in [0.15, 0.2) is 65.8 Å². The number of likely N-dealkylation sites (tertiary alicyclic amines) is 1. The quantitative estimate of drug-likeness (QED) is 0.694. The maximum absolute atomic E-state index is 13.8. The molecule has 1 fully saturated rings. The maximum Gasteiger partial charge on any atom is 0.242 e. The van der Waals surface area contributed by atoms with Gasteiger partial charge >= 0.3 is 0 Å². The zero-order chi connectivity index (χ0) is 21.1. The third kappa shape index (κ3) is 3.34. The van der Waals surface area contributed by atoms with Crippen molar-refractivity contribution in [2.24, 2.45) is 4.99 Å². The summed E-state index contributed by atoms with van der Waals surface area (Å²) in [5, 5.41) is 9.09. The van der Waals surface area contributed by atoms with Gasteiger partial charge < -0.3 is 4.90 Å². The highest BCUT2D eigenvalue weighted by molar-refractivity contribution is 6.13. The van der Waals surface area contributed by atoms with Gasteiger partial charge in [-0.2, -0.15) is 5.26 Å². The predicted molar refractivity (Wildman–Crippen MR) is 120 cm³/mol. The van der Waals surface area contributed by atoms with E-state index >= 15 is 0 Å². The molecule has 2 aromatic carbocycles. The summed E-state index contributed by atoms with van der Waals surface area (Å²) in [6.45, 7) is 7.48. The van der Waals surface area contributed by atoms with Crippen molar-refractivity contribution in [3.05, 3.63) is 71.9 Å². The molecule has 1 unspecified atom stereocenters. The normalized spacial score (nSPS) is 19.1. The highest BCUT2D eigenvalue weighted by Crippen LogP contribution is 2.50. The molecule has 0 aromatic heterocycles. The summed E-state index contributed by atoms with van der Waals surface area (Å²) in [7, 11) is 0. The third-order valence-electron chi connectivity index (χ3n) is 6.49. The fraction of sp³-hybridized carbons (Fsp3) is 0.320. The first-order chi connectivity index (χ1) is 14.6. The summed E-state index contributed by atoms with van der Waals surface area (Å²) in [4.78, 5) is 21.9. The fourth-order valence-corrected chi connectivity index (χ4v) is 4.76. The molecule has 1 atom stereocenters. The molecule has 1 saturated heterocycles. The van der Waals surface area contributed by atoms with E-state index in [1.807, 2.05) is 41.3 Å². The van der Waals surface area contributed by atoms with Crippen molar-refractivity contribution < 1.29 is 4.79 Å². The number of rotatable bonds is 5. The number of anilines is 2. The maximum atomic E-state index is 13.8. The molecule has 2 heterocycles. The Morgan fingerprint density at radius 3 is 2.57 bits per heavy atom. The van der Waals surface area contributed by atoms with E-state index in [0.717, 1.165) is 49.3 Å². The van der Waals surface area contributed by atoms with Crippen LogP contribution in [0.3, 0.4) is 0 Å². The predicted octanol–water partition coefficient (Wildman–Crippen LogP) is 4.56. The zero-order valence-corrected chi connectivity index (χ0v) is 17.3. The minimum atomic E-state index is -0.473. The van der Waals surface area contributed by atoms with Gasteiger partial charge in [0.05, 0.1) is 22.7 Å². The Hall–Kier alpha value is -3.23. The van der Waals surface area contributed by atoms with Crippen LogP contribution in [-0.4, -0.2) is 36.7 Å². The molecule has 0 radical (unpaired) electrons. The number of carbonyl (C=O) groups excluding carboxylic acids is 1. The van der Waals surface area contributed by atoms with E-state index in [0.29, 0.717) is 11.6 Å². The van der Waals surface area contributed by atoms with Crippen LogP contribution in [0.25, 0.3) is 0 Å². The number of piperidine rings is 1. The smallest absolute Gasteiger partial charge is 0.242 e. The Bertz CT molecular complexity index is 1010. The van der Waals surface area contributed by atoms with Crippen LogP contribution < -0.4 is 4.90 Å². The average molecular weight is 399 g/mol. The van der Waals surface area contributed by atoms with Gasteiger partial charge in [0.15, 0.2) is 0 Å². The van der Waals surface area contributed by atoms with Crippen molar-refractivity contribution in [2.75, 3.05) is 18.0 Å². The largest absolute Gasteiger partial charge is 0.300 e. The molecule has 152 valence electrons. The first kappa shape index (κ1) is 20.1. The number of nitriles is 1. The second kappa shape index (κ2) is 8.25. The molecule has 0 N–H and O–H groups in total. The van der Waals surface area contributed by atoms with E-state index in [-0.39, 0.29) is 5.91 Å². The number of fused-ring (bicyclic) bond motifs is 2. The lowest BCUT2D eigenvalue weighted by molar-refractivity contribution is -0.124. The van der Waals surface area contributed by atoms with E-state index in [4.69, 9.17) is 5.26 Å². The van der Waals surface area contributed by atoms with Crippen molar-refractivity contribution in [3.63, 3.8) is 0 Å². The van der Waals surface area contributed by atoms with Crippen molar-refractivity contribution in [2.45, 2.75) is 37.6 Å². The van der Waals surface area contributed by atoms with E-state index < -0.39 is 5.41 Å². The van der Waals surface area contributed by atoms with Gasteiger partial charge in [0, 0.05) is 17.9 Å². The molecular weight excluding hydrogens is 372 g/mol. The Morgan fingerprint density at radius 2 is 1.90 bits per heavy atom. The molecular formula is C25H26N4O. The Morgan fingerprint density at radius 1 is 1.20 bits per heavy atom. The second-order valence-electron chi connectivity index (χ2n) is 8.09. The summed E-state index contributed by atoms with van der Waals surface area (Å²) in [6, 6.07) is 18.0. The van der Waals surface area contributed by atoms with Gasteiger partial charge in [0.25, 0.3) is 0 Å². The molecule has 5 nitrogen and oxygen atoms in total. The lowest BCUT2D eigenvalue weighted by Crippen LogP contribution is -2.50. The van der Waals surface area contributed by atoms with Crippen LogP contribution in [0.1, 0.15) is 37.3 Å². The lowest BCUT2D eigenvalue weighted by atomic mass is 9.73. The number of hydrogen-bond donors (Lipinski definition) is 0. The number of nitrogens with zero attached hydrogens (tertiary/aromatic N) is 4. The standard InChI is InChI=1S/C25H26N4O/c1-19(6-5-15-27-2)28-16-13-25(14-17-28)22-7-3-4-8-23(22)29(24(25)30)21-11-9-20(18-26)10-12-21/h3-5,7-12,15,19H,2,6,13-14,16-17H2,1H3/b15-5+. The first-order valence-electron chi connectivity index (χ1n) is 10.4. The number of benzene rings is 2. The minimum Gasteiger partial charge on any atom is -0.300 e. The molecule has 1 spiro atoms. The van der Waals surface area contributed by atoms with Crippen molar-refractivity contribution >= 4 is 24.0 Å². The summed E-state index contributed by atoms with van der Waals surface area (Å²) < 4.78 is 0. The minimum absolute atomic E-state index is 0.150. The molecule has 5 heteroatoms. The monoisotopic (exact) mass is 398 g/mol. The van der Waals surface area contributed by atoms with Crippen LogP contribution in [-0.2, 0) is 10.2 Å². The highest BCUT2D eigenvalue weighted by Gasteiger charge is 2.52. The Balaban J connectivity index is 1.60. The summed E-state index contributed by atoms with van der Waals surface area (Å²) in [5.74, 6) is 0.150. The lowest BCUT2D eigenvalue weighted by Gasteiger charge is -2.41. The highest BCUT2D eigenvalue weighted by atomic mass is 16.2. The number of amides is 1. The summed E-state index contributed by atoms with van der Waals surface area (Å²) in [6.07, 6.45) is 6.33. The summed E-state index contributed by atoms with van der Waals surface area (Å²) >= 11 is 0. The molecule has 2 aliphatic heterocycles. The van der Waals surface area contributed by atoms with Gasteiger partial charge in [0.2, 0.25) is 5.91 Å². The van der Waals surface area contributed by atoms with Gasteiger partial charge in [-0.3, -0.25) is 14.7 Å². The molecule has 0 aliphatic carbocycles. The van der Waals surface area contributed by atoms with Gasteiger partial charge in [-0.25, -0.2) is 0 Å². The van der Waals surface area contributed by atoms with Gasteiger partial charge in [-0.15, -0.1) is 0 Å². The van der Waals surface area contributed by atoms with Crippen LogP contribution in [0.4, 0.5) is 11.4 Å². The molecule has 1 amide bonds. The van der Waals surface area contributed by atoms with E-state index in [2.05, 4.69) is 35.7 Å². The molecule has 0 saturated carbocycles. The molecule has 2 aromatic rings. The third-order valence-corrected chi connectivity index (χ3v) is 6.49. The molecule has 2 aliphatic rings. The van der Waals surface area contributed by atoms with Crippen LogP contribution in [0.5, 0.6) is 0 Å². The molecule has 30 heavy (non-hydrogen) atoms. The molecule has 0 bridgehead atoms. The molecule has 4 rings (SSSR count). The second-order valence-corrected chi connectivity index (χ2v) is 8.09. The van der Waals surface area contributed by atoms with Crippen LogP contribution in [0.2, 0.25) is 0 Å². The van der Waals surface area contributed by atoms with Crippen LogP contribution in [0, 0.1) is 11.3 Å². The zero-order valence-electron chi connectivity index (χ0n) is 17.3. The van der Waals surface area contributed by atoms with Gasteiger partial charge in [-0.1, -0.05) is 24.3 Å². The van der Waals surface area contributed by atoms with E-state index in [1.165, 1.54) is 0 Å². The van der Waals surface area contributed by atoms with Crippen molar-refractivity contribution in [1.29, 1.82) is 5.26 Å². The van der Waals surface area contributed by atoms with Crippen LogP contribution >= 0.6 is 0 Å². The Kier molecular flexibility index (Phi) is 5.52. The van der Waals surface area contributed by atoms with Crippen molar-refractivity contribution in [3.8, 4) is 6.07 Å². The number of aliphatic imine (C=N–C) groups is 1. The average Bonchev–Trinajstić information content (AvgIpc) is 3.02. The van der Waals surface area contributed by atoms with Gasteiger partial charge in [-0.05, 0) is 81.9 Å². The van der Waals surface area contributed by atoms with E-state index in [9.17, 15) is 4.79 Å². The summed E-state index contributed by atoms with van der Waals surface area (Å²) in [5.41, 5.74) is 3.04. The Labute approximate surface area is 178 Å². The first-order valence-corrected chi connectivity index (χ1v) is 10.4. The topological polar surface area (TPSA) is 59.7 Å². The number of para-hydroxylation sites is 1. The van der Waals surface area contributed by atoms with Gasteiger partial charge in [0.1, 0.15) is 0 Å². The number of hydrogen-bond acceptors (Lipinski definition) is 4. The van der Waals surface area contributed by atoms with E-state index in [1.54, 1.807) is 18.3 Å². The number of carbonyl (C=O) groups is 1. The SMILES string of the molecule is C=N/C=C/CC(C)N1CCC2(CC1)C(=O)N(c1ccc(C#N)cc1)c1ccccc12. The fourth-order valence-electron chi connectivity index (χ4n) is 4.76. The van der Waals surface area contributed by atoms with Crippen molar-refractivity contribution in [1.82, 2.24) is 4.90 Å².